The molecule has 0 unspecified atom stereocenters. The van der Waals surface area contributed by atoms with E-state index in [2.05, 4.69) is 4.98 Å². The van der Waals surface area contributed by atoms with Crippen molar-refractivity contribution >= 4 is 17.4 Å². The number of aromatic nitrogens is 1. The number of anilines is 1. The number of rotatable bonds is 2. The number of alkyl halides is 2. The minimum absolute atomic E-state index is 0.0890. The van der Waals surface area contributed by atoms with Crippen LogP contribution in [-0.2, 0) is 0 Å². The minimum atomic E-state index is -2.75. The Hall–Kier alpha value is -1.10. The van der Waals surface area contributed by atoms with E-state index < -0.39 is 12.0 Å². The molecule has 13 heavy (non-hydrogen) atoms. The second kappa shape index (κ2) is 3.74. The van der Waals surface area contributed by atoms with E-state index in [1.165, 1.54) is 13.3 Å². The zero-order valence-corrected chi connectivity index (χ0v) is 7.48. The zero-order valence-electron chi connectivity index (χ0n) is 6.72. The van der Waals surface area contributed by atoms with Gasteiger partial charge in [0.1, 0.15) is 5.82 Å². The molecule has 0 saturated heterocycles. The van der Waals surface area contributed by atoms with Gasteiger partial charge < -0.3 is 10.5 Å². The molecule has 0 fully saturated rings. The molecule has 0 bridgehead atoms. The highest BCUT2D eigenvalue weighted by Gasteiger charge is 2.19. The lowest BCUT2D eigenvalue weighted by Crippen LogP contribution is -2.00. The summed E-state index contributed by atoms with van der Waals surface area (Å²) < 4.78 is 29.4. The van der Waals surface area contributed by atoms with Gasteiger partial charge in [-0.1, -0.05) is 11.6 Å². The Morgan fingerprint density at radius 2 is 2.23 bits per heavy atom. The summed E-state index contributed by atoms with van der Waals surface area (Å²) in [6.45, 7) is 0. The first-order valence-electron chi connectivity index (χ1n) is 3.34. The molecule has 0 aliphatic carbocycles. The van der Waals surface area contributed by atoms with Gasteiger partial charge in [-0.15, -0.1) is 0 Å². The van der Waals surface area contributed by atoms with Crippen LogP contribution in [0.15, 0.2) is 6.20 Å². The highest BCUT2D eigenvalue weighted by atomic mass is 35.5. The molecule has 0 amide bonds. The second-order valence-electron chi connectivity index (χ2n) is 2.24. The van der Waals surface area contributed by atoms with Crippen LogP contribution >= 0.6 is 11.6 Å². The number of ether oxygens (including phenoxy) is 1. The predicted molar refractivity (Wildman–Crippen MR) is 45.2 cm³/mol. The molecule has 1 aromatic rings. The first-order valence-corrected chi connectivity index (χ1v) is 3.71. The molecule has 72 valence electrons. The topological polar surface area (TPSA) is 48.1 Å². The molecule has 0 atom stereocenters. The molecule has 1 heterocycles. The summed E-state index contributed by atoms with van der Waals surface area (Å²) in [5, 5.41) is -0.190. The number of hydrogen-bond donors (Lipinski definition) is 1. The van der Waals surface area contributed by atoms with Crippen LogP contribution < -0.4 is 10.5 Å². The van der Waals surface area contributed by atoms with Gasteiger partial charge >= 0.3 is 0 Å². The first-order chi connectivity index (χ1) is 6.07. The molecule has 0 aliphatic rings. The minimum Gasteiger partial charge on any atom is -0.494 e. The number of nitrogens with two attached hydrogens (primary N) is 1. The van der Waals surface area contributed by atoms with Crippen LogP contribution in [0.3, 0.4) is 0 Å². The largest absolute Gasteiger partial charge is 0.494 e. The Labute approximate surface area is 78.5 Å². The Morgan fingerprint density at radius 1 is 1.62 bits per heavy atom. The van der Waals surface area contributed by atoms with Gasteiger partial charge in [-0.2, -0.15) is 0 Å². The normalized spacial score (nSPS) is 10.5. The first kappa shape index (κ1) is 9.98. The summed E-state index contributed by atoms with van der Waals surface area (Å²) in [5.41, 5.74) is 4.73. The Kier molecular flexibility index (Phi) is 2.87. The molecule has 0 spiro atoms. The highest BCUT2D eigenvalue weighted by Crippen LogP contribution is 2.36. The Bertz CT molecular complexity index is 320. The summed E-state index contributed by atoms with van der Waals surface area (Å²) in [6, 6.07) is 0. The summed E-state index contributed by atoms with van der Waals surface area (Å²) in [5.74, 6) is -0.188. The number of methoxy groups -OCH3 is 1. The van der Waals surface area contributed by atoms with Crippen molar-refractivity contribution in [2.45, 2.75) is 6.43 Å². The van der Waals surface area contributed by atoms with Gasteiger partial charge in [-0.3, -0.25) is 0 Å². The van der Waals surface area contributed by atoms with Crippen molar-refractivity contribution in [3.63, 3.8) is 0 Å². The van der Waals surface area contributed by atoms with Gasteiger partial charge in [-0.05, 0) is 0 Å². The van der Waals surface area contributed by atoms with Gasteiger partial charge in [0.2, 0.25) is 0 Å². The third-order valence-corrected chi connectivity index (χ3v) is 1.88. The van der Waals surface area contributed by atoms with Crippen LogP contribution in [0.4, 0.5) is 14.6 Å². The Balaban J connectivity index is 3.30. The maximum Gasteiger partial charge on any atom is 0.268 e. The lowest BCUT2D eigenvalue weighted by Gasteiger charge is -2.09. The molecule has 2 N–H and O–H groups in total. The lowest BCUT2D eigenvalue weighted by molar-refractivity contribution is 0.151. The molecule has 0 aromatic carbocycles. The second-order valence-corrected chi connectivity index (χ2v) is 2.62. The fourth-order valence-electron chi connectivity index (χ4n) is 0.849. The van der Waals surface area contributed by atoms with E-state index in [9.17, 15) is 8.78 Å². The van der Waals surface area contributed by atoms with Gasteiger partial charge in [0.05, 0.1) is 23.9 Å². The zero-order chi connectivity index (χ0) is 10.0. The van der Waals surface area contributed by atoms with Crippen molar-refractivity contribution < 1.29 is 13.5 Å². The molecule has 0 radical (unpaired) electrons. The molecular weight excluding hydrogens is 202 g/mol. The van der Waals surface area contributed by atoms with E-state index in [1.54, 1.807) is 0 Å². The van der Waals surface area contributed by atoms with Crippen molar-refractivity contribution in [3.05, 3.63) is 16.8 Å². The van der Waals surface area contributed by atoms with Crippen LogP contribution in [0.2, 0.25) is 5.02 Å². The van der Waals surface area contributed by atoms with E-state index in [0.717, 1.165) is 0 Å². The SMILES string of the molecule is COc1cnc(N)c(C(F)F)c1Cl. The fourth-order valence-corrected chi connectivity index (χ4v) is 1.15. The number of halogens is 3. The van der Waals surface area contributed by atoms with Crippen LogP contribution in [0.1, 0.15) is 12.0 Å². The average molecular weight is 209 g/mol. The van der Waals surface area contributed by atoms with Gasteiger partial charge in [0.15, 0.2) is 5.75 Å². The maximum absolute atomic E-state index is 12.3. The summed E-state index contributed by atoms with van der Waals surface area (Å²) in [4.78, 5) is 3.52. The fraction of sp³-hybridized carbons (Fsp3) is 0.286. The van der Waals surface area contributed by atoms with E-state index >= 15 is 0 Å². The Morgan fingerprint density at radius 3 is 2.69 bits per heavy atom. The smallest absolute Gasteiger partial charge is 0.268 e. The molecule has 0 aliphatic heterocycles. The summed E-state index contributed by atoms with van der Waals surface area (Å²) >= 11 is 5.58. The maximum atomic E-state index is 12.3. The van der Waals surface area contributed by atoms with Crippen molar-refractivity contribution in [3.8, 4) is 5.75 Å². The van der Waals surface area contributed by atoms with Crippen LogP contribution in [0.5, 0.6) is 5.75 Å². The third-order valence-electron chi connectivity index (χ3n) is 1.49. The van der Waals surface area contributed by atoms with Crippen molar-refractivity contribution in [2.75, 3.05) is 12.8 Å². The van der Waals surface area contributed by atoms with Crippen LogP contribution in [-0.4, -0.2) is 12.1 Å². The quantitative estimate of drug-likeness (QED) is 0.811. The predicted octanol–water partition coefficient (Wildman–Crippen LogP) is 2.26. The molecular formula is C7H7ClF2N2O. The summed E-state index contributed by atoms with van der Waals surface area (Å²) in [7, 11) is 1.31. The van der Waals surface area contributed by atoms with E-state index in [1.807, 2.05) is 0 Å². The van der Waals surface area contributed by atoms with E-state index in [-0.39, 0.29) is 16.6 Å². The number of nitrogen functional groups attached to an aromatic ring is 1. The standard InChI is InChI=1S/C7H7ClF2N2O/c1-13-3-2-12-7(11)4(5(3)8)6(9)10/h2,6H,1H3,(H2,11,12). The van der Waals surface area contributed by atoms with Crippen LogP contribution in [0, 0.1) is 0 Å². The monoisotopic (exact) mass is 208 g/mol. The summed E-state index contributed by atoms with van der Waals surface area (Å²) in [6.07, 6.45) is -1.56. The number of hydrogen-bond acceptors (Lipinski definition) is 3. The number of nitrogens with zero attached hydrogens (tertiary/aromatic N) is 1. The number of pyridine rings is 1. The molecule has 6 heteroatoms. The highest BCUT2D eigenvalue weighted by molar-refractivity contribution is 6.33. The molecule has 3 nitrogen and oxygen atoms in total. The van der Waals surface area contributed by atoms with Gasteiger partial charge in [0.25, 0.3) is 6.43 Å². The van der Waals surface area contributed by atoms with Gasteiger partial charge in [-0.25, -0.2) is 13.8 Å². The lowest BCUT2D eigenvalue weighted by atomic mass is 10.2. The molecule has 1 rings (SSSR count). The third kappa shape index (κ3) is 1.80. The van der Waals surface area contributed by atoms with E-state index in [0.29, 0.717) is 0 Å². The molecule has 1 aromatic heterocycles. The van der Waals surface area contributed by atoms with E-state index in [4.69, 9.17) is 22.1 Å². The van der Waals surface area contributed by atoms with Crippen molar-refractivity contribution in [1.29, 1.82) is 0 Å². The van der Waals surface area contributed by atoms with Crippen molar-refractivity contribution in [1.82, 2.24) is 4.98 Å². The average Bonchev–Trinajstić information content (AvgIpc) is 2.04. The van der Waals surface area contributed by atoms with Crippen molar-refractivity contribution in [2.24, 2.45) is 0 Å². The van der Waals surface area contributed by atoms with Gasteiger partial charge in [0, 0.05) is 0 Å². The molecule has 0 saturated carbocycles. The van der Waals surface area contributed by atoms with Crippen LogP contribution in [0.25, 0.3) is 0 Å².